The van der Waals surface area contributed by atoms with Crippen LogP contribution in [0, 0.1) is 5.41 Å². The second-order valence-corrected chi connectivity index (χ2v) is 17.9. The number of nitrogens with zero attached hydrogens (tertiary/aromatic N) is 5. The molecule has 2 saturated heterocycles. The van der Waals surface area contributed by atoms with Gasteiger partial charge in [-0.15, -0.1) is 6.58 Å². The maximum atomic E-state index is 14.9. The number of fused-ring (bicyclic) bond motifs is 2. The van der Waals surface area contributed by atoms with E-state index in [2.05, 4.69) is 27.9 Å². The fraction of sp³-hybridized carbons (Fsp3) is 0.422. The molecular formula is C45H55N6Na2O8P. The zero-order chi connectivity index (χ0) is 43.2. The van der Waals surface area contributed by atoms with Crippen molar-refractivity contribution in [3.8, 4) is 5.75 Å². The van der Waals surface area contributed by atoms with Crippen molar-refractivity contribution in [3.05, 3.63) is 114 Å². The third kappa shape index (κ3) is 12.9. The number of nitrogens with one attached hydrogen (secondary N) is 1. The minimum Gasteiger partial charge on any atom is -0.780 e. The Morgan fingerprint density at radius 1 is 0.952 bits per heavy atom. The second kappa shape index (κ2) is 22.6. The van der Waals surface area contributed by atoms with Gasteiger partial charge in [-0.3, -0.25) is 14.4 Å². The molecule has 0 spiro atoms. The van der Waals surface area contributed by atoms with E-state index in [4.69, 9.17) is 0 Å². The van der Waals surface area contributed by atoms with Gasteiger partial charge in [-0.2, -0.15) is 0 Å². The monoisotopic (exact) mass is 884 g/mol. The number of phosphoric acid groups is 1. The number of amides is 4. The number of phosphoric ester groups is 1. The Morgan fingerprint density at radius 2 is 1.66 bits per heavy atom. The number of rotatable bonds is 17. The van der Waals surface area contributed by atoms with E-state index in [1.165, 1.54) is 34.2 Å². The number of benzene rings is 3. The van der Waals surface area contributed by atoms with Crippen molar-refractivity contribution in [2.75, 3.05) is 19.6 Å². The van der Waals surface area contributed by atoms with Gasteiger partial charge < -0.3 is 38.6 Å². The second-order valence-electron chi connectivity index (χ2n) is 16.8. The summed E-state index contributed by atoms with van der Waals surface area (Å²) in [5, 5.41) is 6.96. The van der Waals surface area contributed by atoms with Crippen LogP contribution in [0.5, 0.6) is 5.75 Å². The minimum absolute atomic E-state index is 0. The molecule has 1 N–H and O–H groups in total. The molecule has 0 bridgehead atoms. The van der Waals surface area contributed by atoms with Gasteiger partial charge in [0.2, 0.25) is 11.8 Å². The first-order valence-corrected chi connectivity index (χ1v) is 22.0. The number of carbonyl (C=O) groups excluding carboxylic acids is 4. The van der Waals surface area contributed by atoms with Gasteiger partial charge in [0.15, 0.2) is 5.78 Å². The maximum Gasteiger partial charge on any atom is 1.00 e. The third-order valence-corrected chi connectivity index (χ3v) is 11.3. The van der Waals surface area contributed by atoms with E-state index < -0.39 is 26.1 Å². The molecular weight excluding hydrogens is 829 g/mol. The first kappa shape index (κ1) is 51.4. The summed E-state index contributed by atoms with van der Waals surface area (Å²) in [7, 11) is -5.30. The Bertz CT molecular complexity index is 2240. The van der Waals surface area contributed by atoms with Crippen molar-refractivity contribution in [2.24, 2.45) is 5.41 Å². The number of ketones is 1. The Labute approximate surface area is 408 Å². The molecule has 0 unspecified atom stereocenters. The molecule has 0 radical (unpaired) electrons. The summed E-state index contributed by atoms with van der Waals surface area (Å²) in [5.41, 5.74) is 3.57. The molecule has 2 aliphatic rings. The average Bonchev–Trinajstić information content (AvgIpc) is 3.57. The van der Waals surface area contributed by atoms with Gasteiger partial charge in [0.05, 0.1) is 18.6 Å². The van der Waals surface area contributed by atoms with Crippen LogP contribution in [0.25, 0.3) is 10.9 Å². The number of para-hydroxylation sites is 1. The number of hydrogen-bond donors (Lipinski definition) is 1. The predicted octanol–water partition coefficient (Wildman–Crippen LogP) is -0.207. The van der Waals surface area contributed by atoms with Crippen molar-refractivity contribution >= 4 is 42.4 Å². The Balaban J connectivity index is 0.00000422. The summed E-state index contributed by atoms with van der Waals surface area (Å²) in [6, 6.07) is 19.5. The van der Waals surface area contributed by atoms with Crippen molar-refractivity contribution in [1.29, 1.82) is 0 Å². The molecule has 2 atom stereocenters. The fourth-order valence-electron chi connectivity index (χ4n) is 8.19. The Hall–Kier alpha value is -3.27. The smallest absolute Gasteiger partial charge is 0.780 e. The normalized spacial score (nSPS) is 17.0. The number of Topliss-reactive ketones (excluding diaryl/α,β-unsaturated/α-hetero) is 1. The minimum atomic E-state index is -5.30. The van der Waals surface area contributed by atoms with E-state index in [-0.39, 0.29) is 127 Å². The van der Waals surface area contributed by atoms with Crippen LogP contribution in [-0.4, -0.2) is 79.9 Å². The van der Waals surface area contributed by atoms with Gasteiger partial charge in [-0.25, -0.2) is 14.8 Å². The van der Waals surface area contributed by atoms with E-state index in [1.54, 1.807) is 16.0 Å². The maximum absolute atomic E-state index is 14.9. The molecule has 0 aliphatic carbocycles. The number of hydrazine groups is 1. The Morgan fingerprint density at radius 3 is 2.31 bits per heavy atom. The first-order chi connectivity index (χ1) is 28.6. The van der Waals surface area contributed by atoms with Crippen LogP contribution >= 0.6 is 7.82 Å². The molecule has 6 rings (SSSR count). The number of urea groups is 1. The molecule has 14 nitrogen and oxygen atoms in total. The summed E-state index contributed by atoms with van der Waals surface area (Å²) in [4.78, 5) is 82.9. The van der Waals surface area contributed by atoms with Crippen LogP contribution in [0.2, 0.25) is 0 Å². The summed E-state index contributed by atoms with van der Waals surface area (Å²) in [5.74, 6) is -0.822. The molecule has 0 saturated carbocycles. The molecule has 62 heavy (non-hydrogen) atoms. The molecule has 2 aliphatic heterocycles. The van der Waals surface area contributed by atoms with E-state index in [1.807, 2.05) is 75.5 Å². The SMILES string of the molecule is C=CCN1CC(=O)N2[C@@H](Cc3ccc(OP(=O)([O-])[O-])cc3)C(=O)N(Cc3cccc4c(C(=O)CC(C)(C)C)cn(CCCCCC)c34)C[C@@H]2N1C(=O)NCc1ccccc1.[Na+].[Na+]. The van der Waals surface area contributed by atoms with Gasteiger partial charge >= 0.3 is 65.1 Å². The molecule has 17 heteroatoms. The average molecular weight is 885 g/mol. The Kier molecular flexibility index (Phi) is 18.7. The van der Waals surface area contributed by atoms with Crippen LogP contribution in [0.4, 0.5) is 4.79 Å². The van der Waals surface area contributed by atoms with E-state index in [0.717, 1.165) is 47.7 Å². The summed E-state index contributed by atoms with van der Waals surface area (Å²) < 4.78 is 17.9. The predicted molar refractivity (Wildman–Crippen MR) is 225 cm³/mol. The summed E-state index contributed by atoms with van der Waals surface area (Å²) >= 11 is 0. The fourth-order valence-corrected chi connectivity index (χ4v) is 8.57. The first-order valence-electron chi connectivity index (χ1n) is 20.6. The van der Waals surface area contributed by atoms with Crippen molar-refractivity contribution in [3.63, 3.8) is 0 Å². The van der Waals surface area contributed by atoms with Gasteiger partial charge in [0.1, 0.15) is 25.8 Å². The number of carbonyl (C=O) groups is 4. The molecule has 1 aromatic heterocycles. The van der Waals surface area contributed by atoms with Crippen molar-refractivity contribution in [1.82, 2.24) is 29.7 Å². The van der Waals surface area contributed by atoms with E-state index in [0.29, 0.717) is 24.1 Å². The van der Waals surface area contributed by atoms with Crippen LogP contribution in [0.3, 0.4) is 0 Å². The molecule has 3 heterocycles. The molecule has 3 aromatic carbocycles. The number of aromatic nitrogens is 1. The van der Waals surface area contributed by atoms with Gasteiger partial charge in [0, 0.05) is 56.2 Å². The molecule has 4 amide bonds. The van der Waals surface area contributed by atoms with Gasteiger partial charge in [0.25, 0.3) is 0 Å². The van der Waals surface area contributed by atoms with Crippen LogP contribution < -0.4 is 78.7 Å². The zero-order valence-corrected chi connectivity index (χ0v) is 41.8. The van der Waals surface area contributed by atoms with E-state index in [9.17, 15) is 33.5 Å². The zero-order valence-electron chi connectivity index (χ0n) is 36.9. The van der Waals surface area contributed by atoms with Gasteiger partial charge in [-0.1, -0.05) is 114 Å². The summed E-state index contributed by atoms with van der Waals surface area (Å²) in [6.45, 7) is 13.2. The number of hydrogen-bond acceptors (Lipinski definition) is 9. The topological polar surface area (TPSA) is 171 Å². The number of unbranched alkanes of at least 4 members (excludes halogenated alkanes) is 3. The van der Waals surface area contributed by atoms with Crippen LogP contribution in [-0.2, 0) is 40.2 Å². The van der Waals surface area contributed by atoms with Crippen LogP contribution in [0.1, 0.15) is 86.8 Å². The van der Waals surface area contributed by atoms with Crippen molar-refractivity contribution < 1.29 is 97.2 Å². The largest absolute Gasteiger partial charge is 1.00 e. The third-order valence-electron chi connectivity index (χ3n) is 10.8. The molecule has 2 fully saturated rings. The quantitative estimate of drug-likeness (QED) is 0.0496. The number of piperazine rings is 1. The number of aryl methyl sites for hydroxylation is 1. The van der Waals surface area contributed by atoms with Crippen molar-refractivity contribution in [2.45, 2.75) is 98.1 Å². The summed E-state index contributed by atoms with van der Waals surface area (Å²) in [6.07, 6.45) is 7.17. The molecule has 4 aromatic rings. The van der Waals surface area contributed by atoms with Gasteiger partial charge in [-0.05, 0) is 40.7 Å². The van der Waals surface area contributed by atoms with E-state index >= 15 is 0 Å². The standard InChI is InChI=1S/C45H57N6O8P.2Na/c1-6-8-9-13-24-47-29-37(39(52)26-45(3,4)5)36-18-14-17-34(42(36)47)28-48-30-40-50(38(43(48)54)25-32-19-21-35(22-20-32)59-60(56,57)58)41(53)31-49(23-7-2)51(40)44(55)46-27-33-15-11-10-12-16-33;;/h7,10-12,14-22,29,38,40H,2,6,8-9,13,23-28,30-31H2,1,3-5H3,(H,46,55)(H2,56,57,58);;/q;2*+1/p-2/t38-,40-;;/m0../s1. The molecule has 320 valence electrons. The van der Waals surface area contributed by atoms with Crippen LogP contribution in [0.15, 0.2) is 91.6 Å².